The molecule has 1 fully saturated rings. The molecule has 2 aromatic carbocycles. The van der Waals surface area contributed by atoms with Gasteiger partial charge in [-0.1, -0.05) is 108 Å². The van der Waals surface area contributed by atoms with Crippen LogP contribution in [0.15, 0.2) is 60.2 Å². The summed E-state index contributed by atoms with van der Waals surface area (Å²) in [6.07, 6.45) is 12.2. The van der Waals surface area contributed by atoms with Crippen molar-refractivity contribution in [1.82, 2.24) is 0 Å². The SMILES string of the molecule is CC(C)(C)c1ccc2c(c1)C(C1(C3=CC=CC3)CCC1)c1cc(C(C)(C)C)ccc1-2. The van der Waals surface area contributed by atoms with Crippen LogP contribution < -0.4 is 0 Å². The van der Waals surface area contributed by atoms with Gasteiger partial charge in [-0.3, -0.25) is 0 Å². The standard InChI is InChI=1S/C30H36/c1-28(2,3)21-12-14-23-24-15-13-22(29(4,5)6)19-26(24)27(25(23)18-21)30(16-9-17-30)20-10-7-8-11-20/h7-8,10,12-15,18-19,27H,9,11,16-17H2,1-6H3. The van der Waals surface area contributed by atoms with Crippen molar-refractivity contribution in [3.8, 4) is 11.1 Å². The van der Waals surface area contributed by atoms with Gasteiger partial charge >= 0.3 is 0 Å². The van der Waals surface area contributed by atoms with Gasteiger partial charge in [0.05, 0.1) is 0 Å². The van der Waals surface area contributed by atoms with Crippen LogP contribution in [0, 0.1) is 5.41 Å². The molecule has 0 bridgehead atoms. The van der Waals surface area contributed by atoms with Gasteiger partial charge in [0, 0.05) is 11.3 Å². The number of benzene rings is 2. The summed E-state index contributed by atoms with van der Waals surface area (Å²) in [5, 5.41) is 0. The molecule has 0 aromatic heterocycles. The van der Waals surface area contributed by atoms with E-state index in [4.69, 9.17) is 0 Å². The Kier molecular flexibility index (Phi) is 4.27. The first kappa shape index (κ1) is 19.9. The molecule has 5 rings (SSSR count). The lowest BCUT2D eigenvalue weighted by atomic mass is 9.54. The molecule has 1 saturated carbocycles. The lowest BCUT2D eigenvalue weighted by molar-refractivity contribution is 0.158. The Labute approximate surface area is 183 Å². The van der Waals surface area contributed by atoms with Gasteiger partial charge in [0.2, 0.25) is 0 Å². The Balaban J connectivity index is 1.75. The Morgan fingerprint density at radius 3 is 1.67 bits per heavy atom. The highest BCUT2D eigenvalue weighted by Gasteiger charge is 2.51. The first-order valence-electron chi connectivity index (χ1n) is 11.8. The van der Waals surface area contributed by atoms with Crippen molar-refractivity contribution in [1.29, 1.82) is 0 Å². The van der Waals surface area contributed by atoms with E-state index in [0.717, 1.165) is 6.42 Å². The van der Waals surface area contributed by atoms with Gasteiger partial charge in [-0.25, -0.2) is 0 Å². The van der Waals surface area contributed by atoms with Crippen LogP contribution >= 0.6 is 0 Å². The van der Waals surface area contributed by atoms with E-state index in [0.29, 0.717) is 11.3 Å². The quantitative estimate of drug-likeness (QED) is 0.477. The maximum atomic E-state index is 2.56. The van der Waals surface area contributed by atoms with E-state index in [2.05, 4.69) is 96.2 Å². The molecule has 3 aliphatic rings. The number of hydrogen-bond acceptors (Lipinski definition) is 0. The van der Waals surface area contributed by atoms with Gasteiger partial charge < -0.3 is 0 Å². The molecular formula is C30H36. The van der Waals surface area contributed by atoms with Gasteiger partial charge in [0.15, 0.2) is 0 Å². The van der Waals surface area contributed by atoms with Gasteiger partial charge in [-0.2, -0.15) is 0 Å². The van der Waals surface area contributed by atoms with Crippen molar-refractivity contribution in [2.75, 3.05) is 0 Å². The summed E-state index contributed by atoms with van der Waals surface area (Å²) in [7, 11) is 0. The zero-order chi connectivity index (χ0) is 21.3. The van der Waals surface area contributed by atoms with Crippen LogP contribution in [-0.4, -0.2) is 0 Å². The topological polar surface area (TPSA) is 0 Å². The van der Waals surface area contributed by atoms with Crippen LogP contribution in [-0.2, 0) is 10.8 Å². The number of hydrogen-bond donors (Lipinski definition) is 0. The van der Waals surface area contributed by atoms with Crippen molar-refractivity contribution in [3.63, 3.8) is 0 Å². The highest BCUT2D eigenvalue weighted by atomic mass is 14.5. The molecule has 0 heterocycles. The summed E-state index contributed by atoms with van der Waals surface area (Å²) >= 11 is 0. The second-order valence-electron chi connectivity index (χ2n) is 11.9. The van der Waals surface area contributed by atoms with E-state index in [1.54, 1.807) is 16.7 Å². The maximum absolute atomic E-state index is 2.56. The van der Waals surface area contributed by atoms with Crippen LogP contribution in [0.4, 0.5) is 0 Å². The molecule has 2 aromatic rings. The molecule has 30 heavy (non-hydrogen) atoms. The Bertz CT molecular complexity index is 995. The minimum absolute atomic E-state index is 0.173. The molecule has 0 saturated heterocycles. The maximum Gasteiger partial charge on any atom is 0.0196 e. The van der Waals surface area contributed by atoms with Crippen molar-refractivity contribution >= 4 is 0 Å². The molecule has 0 nitrogen and oxygen atoms in total. The van der Waals surface area contributed by atoms with E-state index in [1.165, 1.54) is 41.5 Å². The van der Waals surface area contributed by atoms with Crippen LogP contribution in [0.3, 0.4) is 0 Å². The predicted octanol–water partition coefficient (Wildman–Crippen LogP) is 8.45. The molecular weight excluding hydrogens is 360 g/mol. The fraction of sp³-hybridized carbons (Fsp3) is 0.467. The molecule has 0 atom stereocenters. The first-order chi connectivity index (χ1) is 14.1. The summed E-state index contributed by atoms with van der Waals surface area (Å²) < 4.78 is 0. The van der Waals surface area contributed by atoms with Gasteiger partial charge in [0.1, 0.15) is 0 Å². The van der Waals surface area contributed by atoms with E-state index < -0.39 is 0 Å². The van der Waals surface area contributed by atoms with E-state index in [1.807, 2.05) is 0 Å². The van der Waals surface area contributed by atoms with Crippen molar-refractivity contribution in [2.24, 2.45) is 5.41 Å². The number of fused-ring (bicyclic) bond motifs is 3. The average molecular weight is 397 g/mol. The van der Waals surface area contributed by atoms with Crippen LogP contribution in [0.5, 0.6) is 0 Å². The summed E-state index contributed by atoms with van der Waals surface area (Å²) in [4.78, 5) is 0. The average Bonchev–Trinajstić information content (AvgIpc) is 3.26. The van der Waals surface area contributed by atoms with Crippen molar-refractivity contribution in [2.45, 2.75) is 84.0 Å². The monoisotopic (exact) mass is 396 g/mol. The molecule has 156 valence electrons. The molecule has 0 aliphatic heterocycles. The van der Waals surface area contributed by atoms with E-state index >= 15 is 0 Å². The van der Waals surface area contributed by atoms with Gasteiger partial charge in [0.25, 0.3) is 0 Å². The molecule has 0 unspecified atom stereocenters. The lowest BCUT2D eigenvalue weighted by Crippen LogP contribution is -2.37. The molecule has 0 amide bonds. The number of rotatable bonds is 2. The lowest BCUT2D eigenvalue weighted by Gasteiger charge is -2.49. The molecule has 0 N–H and O–H groups in total. The van der Waals surface area contributed by atoms with Crippen LogP contribution in [0.2, 0.25) is 0 Å². The smallest absolute Gasteiger partial charge is 0.0196 e. The Hall–Kier alpha value is -2.08. The van der Waals surface area contributed by atoms with Crippen molar-refractivity contribution in [3.05, 3.63) is 82.5 Å². The summed E-state index contributed by atoms with van der Waals surface area (Å²) in [5.74, 6) is 0.493. The normalized spacial score (nSPS) is 20.0. The van der Waals surface area contributed by atoms with E-state index in [9.17, 15) is 0 Å². The molecule has 0 spiro atoms. The molecule has 3 aliphatic carbocycles. The minimum atomic E-state index is 0.173. The zero-order valence-electron chi connectivity index (χ0n) is 19.6. The summed E-state index contributed by atoms with van der Waals surface area (Å²) in [6, 6.07) is 14.7. The molecule has 0 heteroatoms. The summed E-state index contributed by atoms with van der Waals surface area (Å²) in [6.45, 7) is 14.0. The van der Waals surface area contributed by atoms with Gasteiger partial charge in [-0.15, -0.1) is 0 Å². The zero-order valence-corrected chi connectivity index (χ0v) is 19.6. The molecule has 0 radical (unpaired) electrons. The third-order valence-corrected chi connectivity index (χ3v) is 7.96. The second-order valence-corrected chi connectivity index (χ2v) is 11.9. The second kappa shape index (κ2) is 6.46. The fourth-order valence-corrected chi connectivity index (χ4v) is 5.96. The van der Waals surface area contributed by atoms with Gasteiger partial charge in [-0.05, 0) is 63.5 Å². The van der Waals surface area contributed by atoms with Crippen LogP contribution in [0.1, 0.15) is 95.4 Å². The largest absolute Gasteiger partial charge is 0.0804 e. The third-order valence-electron chi connectivity index (χ3n) is 7.96. The highest BCUT2D eigenvalue weighted by molar-refractivity contribution is 5.81. The fourth-order valence-electron chi connectivity index (χ4n) is 5.96. The first-order valence-corrected chi connectivity index (χ1v) is 11.8. The van der Waals surface area contributed by atoms with Crippen molar-refractivity contribution < 1.29 is 0 Å². The third kappa shape index (κ3) is 2.87. The highest BCUT2D eigenvalue weighted by Crippen LogP contribution is 2.64. The number of allylic oxidation sites excluding steroid dienone is 4. The predicted molar refractivity (Wildman–Crippen MR) is 129 cm³/mol. The summed E-state index contributed by atoms with van der Waals surface area (Å²) in [5.41, 5.74) is 11.3. The minimum Gasteiger partial charge on any atom is -0.0804 e. The Morgan fingerprint density at radius 1 is 0.767 bits per heavy atom. The van der Waals surface area contributed by atoms with E-state index in [-0.39, 0.29) is 10.8 Å². The Morgan fingerprint density at radius 2 is 1.30 bits per heavy atom. The van der Waals surface area contributed by atoms with Crippen LogP contribution in [0.25, 0.3) is 11.1 Å².